The Labute approximate surface area is 175 Å². The molecule has 29 heavy (non-hydrogen) atoms. The smallest absolute Gasteiger partial charge is 0.293 e. The Balaban J connectivity index is 1.47. The van der Waals surface area contributed by atoms with Crippen molar-refractivity contribution >= 4 is 29.0 Å². The highest BCUT2D eigenvalue weighted by Gasteiger charge is 2.36. The number of hydrogen-bond donors (Lipinski definition) is 0. The van der Waals surface area contributed by atoms with E-state index < -0.39 is 0 Å². The van der Waals surface area contributed by atoms with Crippen LogP contribution < -0.4 is 4.74 Å². The molecule has 2 amide bonds. The van der Waals surface area contributed by atoms with Crippen LogP contribution in [0.4, 0.5) is 4.79 Å². The molecule has 0 N–H and O–H groups in total. The van der Waals surface area contributed by atoms with Crippen molar-refractivity contribution in [3.63, 3.8) is 0 Å². The minimum atomic E-state index is -0.177. The molecule has 2 aromatic carbocycles. The maximum atomic E-state index is 12.9. The van der Waals surface area contributed by atoms with Crippen LogP contribution >= 0.6 is 11.8 Å². The first-order chi connectivity index (χ1) is 14.2. The molecule has 0 radical (unpaired) electrons. The van der Waals surface area contributed by atoms with Crippen molar-refractivity contribution in [2.24, 2.45) is 5.92 Å². The van der Waals surface area contributed by atoms with E-state index >= 15 is 0 Å². The zero-order chi connectivity index (χ0) is 20.1. The van der Waals surface area contributed by atoms with E-state index in [9.17, 15) is 9.59 Å². The van der Waals surface area contributed by atoms with Gasteiger partial charge in [0, 0.05) is 12.1 Å². The quantitative estimate of drug-likeness (QED) is 0.561. The molecule has 1 saturated heterocycles. The lowest BCUT2D eigenvalue weighted by atomic mass is 9.89. The molecule has 1 aliphatic carbocycles. The van der Waals surface area contributed by atoms with Crippen molar-refractivity contribution in [1.29, 1.82) is 0 Å². The topological polar surface area (TPSA) is 46.6 Å². The van der Waals surface area contributed by atoms with Gasteiger partial charge in [0.1, 0.15) is 12.4 Å². The van der Waals surface area contributed by atoms with Crippen molar-refractivity contribution in [1.82, 2.24) is 4.90 Å². The summed E-state index contributed by atoms with van der Waals surface area (Å²) in [5.74, 6) is 0.969. The second kappa shape index (κ2) is 9.31. The zero-order valence-electron chi connectivity index (χ0n) is 16.4. The van der Waals surface area contributed by atoms with Crippen LogP contribution in [0.3, 0.4) is 0 Å². The number of amides is 2. The van der Waals surface area contributed by atoms with Crippen LogP contribution in [0, 0.1) is 5.92 Å². The number of carbonyl (C=O) groups is 2. The number of nitrogens with zero attached hydrogens (tertiary/aromatic N) is 1. The van der Waals surface area contributed by atoms with Gasteiger partial charge >= 0.3 is 0 Å². The summed E-state index contributed by atoms with van der Waals surface area (Å²) < 4.78 is 5.98. The van der Waals surface area contributed by atoms with Crippen LogP contribution in [-0.4, -0.2) is 22.6 Å². The van der Waals surface area contributed by atoms with Crippen LogP contribution in [0.2, 0.25) is 0 Å². The maximum absolute atomic E-state index is 12.9. The third-order valence-corrected chi connectivity index (χ3v) is 6.39. The van der Waals surface area contributed by atoms with E-state index in [0.717, 1.165) is 35.7 Å². The van der Waals surface area contributed by atoms with Gasteiger partial charge in [-0.1, -0.05) is 67.8 Å². The molecule has 1 saturated carbocycles. The lowest BCUT2D eigenvalue weighted by molar-refractivity contribution is -0.123. The summed E-state index contributed by atoms with van der Waals surface area (Å²) in [6.07, 6.45) is 7.66. The van der Waals surface area contributed by atoms with Gasteiger partial charge in [-0.3, -0.25) is 14.5 Å². The molecule has 2 aromatic rings. The Kier molecular flexibility index (Phi) is 6.35. The maximum Gasteiger partial charge on any atom is 0.293 e. The number of hydrogen-bond acceptors (Lipinski definition) is 4. The van der Waals surface area contributed by atoms with Gasteiger partial charge in [0.25, 0.3) is 11.1 Å². The Hall–Kier alpha value is -2.53. The number of imide groups is 1. The average Bonchev–Trinajstić information content (AvgIpc) is 3.02. The minimum absolute atomic E-state index is 0.158. The zero-order valence-corrected chi connectivity index (χ0v) is 17.2. The third kappa shape index (κ3) is 4.91. The summed E-state index contributed by atoms with van der Waals surface area (Å²) in [6, 6.07) is 17.6. The van der Waals surface area contributed by atoms with Crippen molar-refractivity contribution in [3.05, 3.63) is 70.6 Å². The van der Waals surface area contributed by atoms with Crippen LogP contribution in [0.1, 0.15) is 43.2 Å². The fourth-order valence-electron chi connectivity index (χ4n) is 3.89. The number of para-hydroxylation sites is 1. The third-order valence-electron chi connectivity index (χ3n) is 5.48. The van der Waals surface area contributed by atoms with Gasteiger partial charge in [-0.05, 0) is 48.2 Å². The fraction of sp³-hybridized carbons (Fsp3) is 0.333. The monoisotopic (exact) mass is 407 g/mol. The molecule has 150 valence electrons. The molecule has 2 aliphatic rings. The molecule has 0 aromatic heterocycles. The molecule has 4 rings (SSSR count). The Morgan fingerprint density at radius 2 is 1.69 bits per heavy atom. The molecular formula is C24H25NO3S. The number of ether oxygens (including phenoxy) is 1. The molecule has 0 bridgehead atoms. The van der Waals surface area contributed by atoms with Gasteiger partial charge in [0.05, 0.1) is 4.91 Å². The van der Waals surface area contributed by atoms with E-state index in [1.54, 1.807) is 6.08 Å². The van der Waals surface area contributed by atoms with E-state index in [-0.39, 0.29) is 11.1 Å². The lowest BCUT2D eigenvalue weighted by Crippen LogP contribution is -2.34. The summed E-state index contributed by atoms with van der Waals surface area (Å²) in [5, 5.41) is -0.158. The van der Waals surface area contributed by atoms with Crippen molar-refractivity contribution in [3.8, 4) is 5.75 Å². The van der Waals surface area contributed by atoms with E-state index in [2.05, 4.69) is 0 Å². The highest BCUT2D eigenvalue weighted by molar-refractivity contribution is 8.18. The first-order valence-corrected chi connectivity index (χ1v) is 11.0. The summed E-state index contributed by atoms with van der Waals surface area (Å²) >= 11 is 1.03. The van der Waals surface area contributed by atoms with Crippen LogP contribution in [0.15, 0.2) is 59.5 Å². The van der Waals surface area contributed by atoms with E-state index in [1.165, 1.54) is 24.2 Å². The molecule has 0 unspecified atom stereocenters. The lowest BCUT2D eigenvalue weighted by Gasteiger charge is -2.25. The molecule has 1 heterocycles. The summed E-state index contributed by atoms with van der Waals surface area (Å²) in [5.41, 5.74) is 1.89. The van der Waals surface area contributed by atoms with E-state index in [4.69, 9.17) is 4.74 Å². The Morgan fingerprint density at radius 3 is 2.48 bits per heavy atom. The van der Waals surface area contributed by atoms with Gasteiger partial charge in [0.15, 0.2) is 0 Å². The standard InChI is InChI=1S/C24H25NO3S/c26-23-22(29-24(27)25(23)16-18-9-3-1-4-10-18)15-20-13-7-8-14-21(20)28-17-19-11-5-2-6-12-19/h2,5-8,11-15,18H,1,3-4,9-10,16-17H2/b22-15+. The first kappa shape index (κ1) is 19.8. The largest absolute Gasteiger partial charge is 0.488 e. The van der Waals surface area contributed by atoms with Crippen molar-refractivity contribution in [2.45, 2.75) is 38.7 Å². The molecular weight excluding hydrogens is 382 g/mol. The number of carbonyl (C=O) groups excluding carboxylic acids is 2. The Morgan fingerprint density at radius 1 is 0.966 bits per heavy atom. The highest BCUT2D eigenvalue weighted by Crippen LogP contribution is 2.36. The second-order valence-electron chi connectivity index (χ2n) is 7.61. The van der Waals surface area contributed by atoms with Crippen LogP contribution in [-0.2, 0) is 11.4 Å². The van der Waals surface area contributed by atoms with Gasteiger partial charge in [-0.25, -0.2) is 0 Å². The molecule has 1 aliphatic heterocycles. The molecule has 5 heteroatoms. The van der Waals surface area contributed by atoms with Gasteiger partial charge in [0.2, 0.25) is 0 Å². The SMILES string of the molecule is O=C1S/C(=C/c2ccccc2OCc2ccccc2)C(=O)N1CC1CCCCC1. The summed E-state index contributed by atoms with van der Waals surface area (Å²) in [6.45, 7) is 1.00. The van der Waals surface area contributed by atoms with E-state index in [1.807, 2.05) is 54.6 Å². The van der Waals surface area contributed by atoms with Crippen LogP contribution in [0.25, 0.3) is 6.08 Å². The predicted octanol–water partition coefficient (Wildman–Crippen LogP) is 5.88. The number of rotatable bonds is 6. The Bertz CT molecular complexity index is 903. The molecule has 0 atom stereocenters. The van der Waals surface area contributed by atoms with Crippen molar-refractivity contribution < 1.29 is 14.3 Å². The second-order valence-corrected chi connectivity index (χ2v) is 8.60. The number of thioether (sulfide) groups is 1. The first-order valence-electron chi connectivity index (χ1n) is 10.2. The molecule has 0 spiro atoms. The predicted molar refractivity (Wildman–Crippen MR) is 116 cm³/mol. The summed E-state index contributed by atoms with van der Waals surface area (Å²) in [7, 11) is 0. The van der Waals surface area contributed by atoms with Gasteiger partial charge < -0.3 is 4.74 Å². The van der Waals surface area contributed by atoms with E-state index in [0.29, 0.717) is 29.7 Å². The molecule has 2 fully saturated rings. The minimum Gasteiger partial charge on any atom is -0.488 e. The normalized spacial score (nSPS) is 19.2. The van der Waals surface area contributed by atoms with Crippen LogP contribution in [0.5, 0.6) is 5.75 Å². The van der Waals surface area contributed by atoms with Gasteiger partial charge in [-0.2, -0.15) is 0 Å². The molecule has 4 nitrogen and oxygen atoms in total. The fourth-order valence-corrected chi connectivity index (χ4v) is 4.73. The highest BCUT2D eigenvalue weighted by atomic mass is 32.2. The van der Waals surface area contributed by atoms with Gasteiger partial charge in [-0.15, -0.1) is 0 Å². The number of benzene rings is 2. The average molecular weight is 408 g/mol. The summed E-state index contributed by atoms with van der Waals surface area (Å²) in [4.78, 5) is 27.2. The van der Waals surface area contributed by atoms with Crippen molar-refractivity contribution in [2.75, 3.05) is 6.54 Å².